The van der Waals surface area contributed by atoms with Gasteiger partial charge in [-0.1, -0.05) is 26.2 Å². The molecule has 1 aromatic carbocycles. The van der Waals surface area contributed by atoms with Crippen molar-refractivity contribution in [3.63, 3.8) is 0 Å². The molecule has 1 amide bonds. The van der Waals surface area contributed by atoms with Crippen molar-refractivity contribution in [3.8, 4) is 0 Å². The number of aromatic nitrogens is 4. The lowest BCUT2D eigenvalue weighted by Gasteiger charge is -2.17. The number of aliphatic hydroxyl groups excluding tert-OH is 3. The Bertz CT molecular complexity index is 1400. The summed E-state index contributed by atoms with van der Waals surface area (Å²) in [6, 6.07) is 4.77. The quantitative estimate of drug-likeness (QED) is 0.132. The fourth-order valence-electron chi connectivity index (χ4n) is 4.26. The van der Waals surface area contributed by atoms with E-state index in [-0.39, 0.29) is 28.5 Å². The molecule has 1 aliphatic heterocycles. The van der Waals surface area contributed by atoms with Crippen molar-refractivity contribution in [1.29, 1.82) is 0 Å². The van der Waals surface area contributed by atoms with E-state index in [1.54, 1.807) is 0 Å². The highest BCUT2D eigenvalue weighted by atomic mass is 32.2. The van der Waals surface area contributed by atoms with Crippen LogP contribution in [0.3, 0.4) is 0 Å². The van der Waals surface area contributed by atoms with Crippen LogP contribution in [-0.4, -0.2) is 85.2 Å². The summed E-state index contributed by atoms with van der Waals surface area (Å²) >= 11 is 0. The Hall–Kier alpha value is -3.21. The van der Waals surface area contributed by atoms with Crippen LogP contribution in [0.2, 0.25) is 0 Å². The molecule has 0 radical (unpaired) electrons. The molecular formula is C24H32N6O8S. The molecule has 14 nitrogen and oxygen atoms in total. The van der Waals surface area contributed by atoms with Gasteiger partial charge in [0.15, 0.2) is 29.0 Å². The molecule has 3 heterocycles. The first-order valence-corrected chi connectivity index (χ1v) is 14.0. The van der Waals surface area contributed by atoms with Gasteiger partial charge in [0.2, 0.25) is 0 Å². The van der Waals surface area contributed by atoms with Crippen LogP contribution >= 0.6 is 0 Å². The summed E-state index contributed by atoms with van der Waals surface area (Å²) in [4.78, 5) is 25.7. The number of anilines is 1. The summed E-state index contributed by atoms with van der Waals surface area (Å²) in [6.07, 6.45) is 0.855. The summed E-state index contributed by atoms with van der Waals surface area (Å²) < 4.78 is 38.7. The number of imidazole rings is 1. The number of carbonyl (C=O) groups excluding carboxylic acids is 1. The lowest BCUT2D eigenvalue weighted by Crippen LogP contribution is -2.33. The molecule has 212 valence electrons. The maximum atomic E-state index is 12.7. The van der Waals surface area contributed by atoms with Crippen molar-refractivity contribution in [2.24, 2.45) is 0 Å². The number of aliphatic hydroxyl groups is 3. The Kier molecular flexibility index (Phi) is 9.09. The zero-order valence-electron chi connectivity index (χ0n) is 21.3. The highest BCUT2D eigenvalue weighted by Gasteiger charge is 2.44. The molecule has 0 saturated carbocycles. The summed E-state index contributed by atoms with van der Waals surface area (Å²) in [6.45, 7) is 2.16. The van der Waals surface area contributed by atoms with Gasteiger partial charge in [0, 0.05) is 12.1 Å². The summed E-state index contributed by atoms with van der Waals surface area (Å²) in [5.41, 5.74) is 0.853. The molecule has 3 aromatic rings. The molecule has 15 heteroatoms. The van der Waals surface area contributed by atoms with Gasteiger partial charge < -0.3 is 30.7 Å². The second-order valence-corrected chi connectivity index (χ2v) is 10.6. The fraction of sp³-hybridized carbons (Fsp3) is 0.500. The Morgan fingerprint density at radius 2 is 1.85 bits per heavy atom. The highest BCUT2D eigenvalue weighted by Crippen LogP contribution is 2.32. The Morgan fingerprint density at radius 3 is 2.49 bits per heavy atom. The number of hydrogen-bond donors (Lipinski definition) is 6. The Labute approximate surface area is 224 Å². The molecule has 4 unspecified atom stereocenters. The van der Waals surface area contributed by atoms with E-state index in [4.69, 9.17) is 9.29 Å². The van der Waals surface area contributed by atoms with Crippen molar-refractivity contribution >= 4 is 33.0 Å². The highest BCUT2D eigenvalue weighted by molar-refractivity contribution is 7.85. The van der Waals surface area contributed by atoms with Crippen molar-refractivity contribution in [1.82, 2.24) is 24.8 Å². The predicted molar refractivity (Wildman–Crippen MR) is 138 cm³/mol. The van der Waals surface area contributed by atoms with Gasteiger partial charge in [-0.25, -0.2) is 15.0 Å². The van der Waals surface area contributed by atoms with Crippen LogP contribution in [0.15, 0.2) is 35.5 Å². The average molecular weight is 565 g/mol. The van der Waals surface area contributed by atoms with Gasteiger partial charge in [-0.3, -0.25) is 13.9 Å². The molecular weight excluding hydrogens is 532 g/mol. The first-order valence-electron chi connectivity index (χ1n) is 12.6. The minimum atomic E-state index is -4.38. The second kappa shape index (κ2) is 12.3. The van der Waals surface area contributed by atoms with Gasteiger partial charge in [0.05, 0.1) is 24.4 Å². The maximum absolute atomic E-state index is 12.7. The van der Waals surface area contributed by atoms with Crippen molar-refractivity contribution in [2.45, 2.75) is 68.6 Å². The van der Waals surface area contributed by atoms with Gasteiger partial charge in [-0.2, -0.15) is 8.42 Å². The molecule has 1 saturated heterocycles. The molecule has 0 bridgehead atoms. The van der Waals surface area contributed by atoms with E-state index in [0.717, 1.165) is 37.8 Å². The lowest BCUT2D eigenvalue weighted by molar-refractivity contribution is -0.0511. The number of amides is 1. The zero-order chi connectivity index (χ0) is 28.2. The van der Waals surface area contributed by atoms with Crippen molar-refractivity contribution < 1.29 is 37.8 Å². The van der Waals surface area contributed by atoms with E-state index >= 15 is 0 Å². The minimum Gasteiger partial charge on any atom is -0.394 e. The number of fused-ring (bicyclic) bond motifs is 1. The number of hydrogen-bond acceptors (Lipinski definition) is 11. The van der Waals surface area contributed by atoms with E-state index in [0.29, 0.717) is 17.9 Å². The van der Waals surface area contributed by atoms with Crippen LogP contribution in [0.5, 0.6) is 0 Å². The minimum absolute atomic E-state index is 0.0967. The number of nitrogens with zero attached hydrogens (tertiary/aromatic N) is 4. The molecule has 6 N–H and O–H groups in total. The third-order valence-corrected chi connectivity index (χ3v) is 7.27. The largest absolute Gasteiger partial charge is 0.394 e. The van der Waals surface area contributed by atoms with Crippen LogP contribution in [0.4, 0.5) is 5.82 Å². The average Bonchev–Trinajstić information content (AvgIpc) is 3.46. The predicted octanol–water partition coefficient (Wildman–Crippen LogP) is 0.607. The molecule has 0 aliphatic carbocycles. The molecule has 0 spiro atoms. The first kappa shape index (κ1) is 28.8. The van der Waals surface area contributed by atoms with Gasteiger partial charge >= 0.3 is 0 Å². The third-order valence-electron chi connectivity index (χ3n) is 6.40. The van der Waals surface area contributed by atoms with E-state index in [1.165, 1.54) is 23.0 Å². The van der Waals surface area contributed by atoms with E-state index < -0.39 is 47.2 Å². The monoisotopic (exact) mass is 564 g/mol. The number of carbonyl (C=O) groups is 1. The molecule has 2 aromatic heterocycles. The van der Waals surface area contributed by atoms with Crippen LogP contribution in [0, 0.1) is 0 Å². The second-order valence-electron chi connectivity index (χ2n) is 9.21. The molecule has 4 atom stereocenters. The lowest BCUT2D eigenvalue weighted by atomic mass is 10.1. The Morgan fingerprint density at radius 1 is 1.10 bits per heavy atom. The van der Waals surface area contributed by atoms with Crippen LogP contribution in [0.25, 0.3) is 11.2 Å². The van der Waals surface area contributed by atoms with Crippen LogP contribution in [0.1, 0.15) is 55.0 Å². The topological polar surface area (TPSA) is 209 Å². The summed E-state index contributed by atoms with van der Waals surface area (Å²) in [5.74, 6) is 0.116. The molecule has 39 heavy (non-hydrogen) atoms. The van der Waals surface area contributed by atoms with E-state index in [9.17, 15) is 28.5 Å². The third kappa shape index (κ3) is 6.51. The van der Waals surface area contributed by atoms with E-state index in [2.05, 4.69) is 32.5 Å². The van der Waals surface area contributed by atoms with Gasteiger partial charge in [0.1, 0.15) is 18.3 Å². The number of rotatable bonds is 12. The van der Waals surface area contributed by atoms with Crippen LogP contribution in [-0.2, 0) is 21.4 Å². The summed E-state index contributed by atoms with van der Waals surface area (Å²) in [5, 5.41) is 36.1. The number of ether oxygens (including phenoxy) is 1. The SMILES string of the molecule is CCCCCCNc1nc(CNC(=O)c2ccc(S(=O)(=O)O)cc2)nc2c1ncn2C1OC(CO)C(O)C1O. The van der Waals surface area contributed by atoms with Gasteiger partial charge in [0.25, 0.3) is 16.0 Å². The molecule has 4 rings (SSSR count). The fourth-order valence-corrected chi connectivity index (χ4v) is 4.74. The zero-order valence-corrected chi connectivity index (χ0v) is 22.1. The Balaban J connectivity index is 1.58. The number of nitrogens with one attached hydrogen (secondary N) is 2. The van der Waals surface area contributed by atoms with E-state index in [1.807, 2.05) is 0 Å². The standard InChI is InChI=1S/C24H32N6O8S/c1-2-3-4-5-10-25-21-18-22(30(13-27-18)24-20(33)19(32)16(12-31)38-24)29-17(28-21)11-26-23(34)14-6-8-15(9-7-14)39(35,36)37/h6-9,13,16,19-20,24,31-33H,2-5,10-12H2,1H3,(H,26,34)(H,25,28,29)(H,35,36,37). The smallest absolute Gasteiger partial charge is 0.294 e. The summed E-state index contributed by atoms with van der Waals surface area (Å²) in [7, 11) is -4.38. The number of benzene rings is 1. The van der Waals surface area contributed by atoms with Gasteiger partial charge in [-0.15, -0.1) is 0 Å². The molecule has 1 aliphatic rings. The van der Waals surface area contributed by atoms with Gasteiger partial charge in [-0.05, 0) is 30.7 Å². The van der Waals surface area contributed by atoms with Crippen LogP contribution < -0.4 is 10.6 Å². The maximum Gasteiger partial charge on any atom is 0.294 e. The van der Waals surface area contributed by atoms with Crippen molar-refractivity contribution in [2.75, 3.05) is 18.5 Å². The van der Waals surface area contributed by atoms with Crippen molar-refractivity contribution in [3.05, 3.63) is 42.0 Å². The number of unbranched alkanes of at least 4 members (excludes halogenated alkanes) is 3. The molecule has 1 fully saturated rings. The normalized spacial score (nSPS) is 21.4. The first-order chi connectivity index (χ1) is 18.6.